The number of hydrogen-bond acceptors (Lipinski definition) is 4. The van der Waals surface area contributed by atoms with E-state index in [1.54, 1.807) is 24.6 Å². The van der Waals surface area contributed by atoms with Crippen molar-refractivity contribution in [2.45, 2.75) is 18.7 Å². The van der Waals surface area contributed by atoms with Gasteiger partial charge < -0.3 is 0 Å². The standard InChI is InChI=1S/C14H14N4O2S/c1-11-14(21(19,20)17-10-6-9-15-17)12(2)18(16-11)13-7-4-3-5-8-13/h3-10H,1-2H3. The molecule has 2 heterocycles. The van der Waals surface area contributed by atoms with Crippen LogP contribution >= 0.6 is 0 Å². The van der Waals surface area contributed by atoms with Crippen LogP contribution < -0.4 is 0 Å². The highest BCUT2D eigenvalue weighted by Gasteiger charge is 2.27. The normalized spacial score (nSPS) is 11.7. The average molecular weight is 302 g/mol. The summed E-state index contributed by atoms with van der Waals surface area (Å²) in [6.07, 6.45) is 2.85. The van der Waals surface area contributed by atoms with Crippen LogP contribution in [0.5, 0.6) is 0 Å². The van der Waals surface area contributed by atoms with Crippen LogP contribution in [0.25, 0.3) is 5.69 Å². The molecule has 21 heavy (non-hydrogen) atoms. The molecule has 0 aliphatic rings. The van der Waals surface area contributed by atoms with Gasteiger partial charge >= 0.3 is 0 Å². The fourth-order valence-electron chi connectivity index (χ4n) is 2.31. The van der Waals surface area contributed by atoms with Gasteiger partial charge in [0, 0.05) is 6.20 Å². The van der Waals surface area contributed by atoms with E-state index in [9.17, 15) is 8.42 Å². The molecule has 3 rings (SSSR count). The molecule has 0 atom stereocenters. The van der Waals surface area contributed by atoms with Crippen molar-refractivity contribution in [1.82, 2.24) is 19.0 Å². The molecule has 0 bridgehead atoms. The number of aromatic nitrogens is 4. The molecule has 0 fully saturated rings. The average Bonchev–Trinajstić information content (AvgIpc) is 3.08. The Labute approximate surface area is 122 Å². The second-order valence-corrected chi connectivity index (χ2v) is 6.36. The molecule has 0 saturated heterocycles. The minimum absolute atomic E-state index is 0.190. The maximum absolute atomic E-state index is 12.6. The molecule has 0 amide bonds. The molecule has 1 aromatic carbocycles. The van der Waals surface area contributed by atoms with E-state index >= 15 is 0 Å². The van der Waals surface area contributed by atoms with Crippen molar-refractivity contribution in [2.75, 3.05) is 0 Å². The summed E-state index contributed by atoms with van der Waals surface area (Å²) in [5.74, 6) is 0. The lowest BCUT2D eigenvalue weighted by Gasteiger charge is -2.06. The summed E-state index contributed by atoms with van der Waals surface area (Å²) < 4.78 is 27.8. The van der Waals surface area contributed by atoms with Gasteiger partial charge in [0.25, 0.3) is 10.0 Å². The van der Waals surface area contributed by atoms with E-state index in [0.717, 1.165) is 9.77 Å². The molecule has 0 radical (unpaired) electrons. The summed E-state index contributed by atoms with van der Waals surface area (Å²) in [5.41, 5.74) is 1.83. The van der Waals surface area contributed by atoms with Crippen LogP contribution in [0.2, 0.25) is 0 Å². The Morgan fingerprint density at radius 1 is 1.05 bits per heavy atom. The SMILES string of the molecule is Cc1nn(-c2ccccc2)c(C)c1S(=O)(=O)n1cccn1. The predicted molar refractivity (Wildman–Crippen MR) is 77.8 cm³/mol. The minimum atomic E-state index is -3.72. The third kappa shape index (κ3) is 2.15. The number of para-hydroxylation sites is 1. The van der Waals surface area contributed by atoms with E-state index in [2.05, 4.69) is 10.2 Å². The summed E-state index contributed by atoms with van der Waals surface area (Å²) >= 11 is 0. The van der Waals surface area contributed by atoms with Crippen molar-refractivity contribution in [3.05, 3.63) is 60.2 Å². The Morgan fingerprint density at radius 2 is 1.76 bits per heavy atom. The maximum atomic E-state index is 12.6. The van der Waals surface area contributed by atoms with E-state index in [1.165, 1.54) is 12.4 Å². The fourth-order valence-corrected chi connectivity index (χ4v) is 3.78. The van der Waals surface area contributed by atoms with Crippen molar-refractivity contribution in [1.29, 1.82) is 0 Å². The van der Waals surface area contributed by atoms with Gasteiger partial charge in [-0.1, -0.05) is 18.2 Å². The molecule has 108 valence electrons. The van der Waals surface area contributed by atoms with Crippen LogP contribution in [-0.4, -0.2) is 27.4 Å². The lowest BCUT2D eigenvalue weighted by molar-refractivity contribution is 0.578. The first-order valence-electron chi connectivity index (χ1n) is 6.38. The molecule has 0 N–H and O–H groups in total. The summed E-state index contributed by atoms with van der Waals surface area (Å²) in [6.45, 7) is 3.42. The first-order valence-corrected chi connectivity index (χ1v) is 7.82. The second-order valence-electron chi connectivity index (χ2n) is 4.63. The molecule has 0 unspecified atom stereocenters. The second kappa shape index (κ2) is 4.85. The lowest BCUT2D eigenvalue weighted by Crippen LogP contribution is -2.15. The summed E-state index contributed by atoms with van der Waals surface area (Å²) in [6, 6.07) is 11.0. The third-order valence-electron chi connectivity index (χ3n) is 3.21. The molecular formula is C14H14N4O2S. The Kier molecular flexibility index (Phi) is 3.13. The Morgan fingerprint density at radius 3 is 2.38 bits per heavy atom. The van der Waals surface area contributed by atoms with Crippen molar-refractivity contribution in [3.8, 4) is 5.69 Å². The lowest BCUT2D eigenvalue weighted by atomic mass is 10.3. The highest BCUT2D eigenvalue weighted by Crippen LogP contribution is 2.24. The van der Waals surface area contributed by atoms with Gasteiger partial charge in [0.15, 0.2) is 0 Å². The molecule has 2 aromatic heterocycles. The van der Waals surface area contributed by atoms with E-state index in [4.69, 9.17) is 0 Å². The molecule has 7 heteroatoms. The Bertz CT molecular complexity index is 865. The number of rotatable bonds is 3. The van der Waals surface area contributed by atoms with Gasteiger partial charge in [0.05, 0.1) is 23.3 Å². The molecule has 0 saturated carbocycles. The monoisotopic (exact) mass is 302 g/mol. The zero-order valence-electron chi connectivity index (χ0n) is 11.6. The van der Waals surface area contributed by atoms with Crippen LogP contribution in [0, 0.1) is 13.8 Å². The Hall–Kier alpha value is -2.41. The highest BCUT2D eigenvalue weighted by atomic mass is 32.2. The summed E-state index contributed by atoms with van der Waals surface area (Å²) in [4.78, 5) is 0.190. The van der Waals surface area contributed by atoms with Gasteiger partial charge in [0.1, 0.15) is 4.90 Å². The van der Waals surface area contributed by atoms with Gasteiger partial charge in [-0.05, 0) is 32.0 Å². The molecule has 0 aliphatic heterocycles. The van der Waals surface area contributed by atoms with Gasteiger partial charge in [-0.15, -0.1) is 0 Å². The first kappa shape index (κ1) is 13.6. The smallest absolute Gasteiger partial charge is 0.236 e. The quantitative estimate of drug-likeness (QED) is 0.741. The number of hydrogen-bond donors (Lipinski definition) is 0. The topological polar surface area (TPSA) is 69.8 Å². The van der Waals surface area contributed by atoms with E-state index in [0.29, 0.717) is 11.4 Å². The maximum Gasteiger partial charge on any atom is 0.286 e. The number of benzene rings is 1. The molecule has 3 aromatic rings. The molecule has 0 aliphatic carbocycles. The van der Waals surface area contributed by atoms with E-state index in [-0.39, 0.29) is 4.90 Å². The van der Waals surface area contributed by atoms with Crippen LogP contribution in [-0.2, 0) is 10.0 Å². The van der Waals surface area contributed by atoms with Crippen molar-refractivity contribution >= 4 is 10.0 Å². The van der Waals surface area contributed by atoms with Crippen molar-refractivity contribution in [3.63, 3.8) is 0 Å². The van der Waals surface area contributed by atoms with Crippen LogP contribution in [0.4, 0.5) is 0 Å². The van der Waals surface area contributed by atoms with Crippen molar-refractivity contribution < 1.29 is 8.42 Å². The fraction of sp³-hybridized carbons (Fsp3) is 0.143. The highest BCUT2D eigenvalue weighted by molar-refractivity contribution is 7.90. The van der Waals surface area contributed by atoms with Crippen LogP contribution in [0.1, 0.15) is 11.4 Å². The minimum Gasteiger partial charge on any atom is -0.236 e. The van der Waals surface area contributed by atoms with Crippen molar-refractivity contribution in [2.24, 2.45) is 0 Å². The first-order chi connectivity index (χ1) is 10.0. The number of nitrogens with zero attached hydrogens (tertiary/aromatic N) is 4. The Balaban J connectivity index is 2.21. The van der Waals surface area contributed by atoms with Gasteiger partial charge in [-0.3, -0.25) is 0 Å². The van der Waals surface area contributed by atoms with Gasteiger partial charge in [0.2, 0.25) is 0 Å². The summed E-state index contributed by atoms with van der Waals surface area (Å²) in [5, 5.41) is 8.17. The predicted octanol–water partition coefficient (Wildman–Crippen LogP) is 1.92. The van der Waals surface area contributed by atoms with Crippen LogP contribution in [0.3, 0.4) is 0 Å². The molecule has 6 nitrogen and oxygen atoms in total. The van der Waals surface area contributed by atoms with Gasteiger partial charge in [-0.2, -0.15) is 22.7 Å². The molecule has 0 spiro atoms. The van der Waals surface area contributed by atoms with E-state index in [1.807, 2.05) is 30.3 Å². The van der Waals surface area contributed by atoms with Gasteiger partial charge in [-0.25, -0.2) is 4.68 Å². The van der Waals surface area contributed by atoms with Crippen LogP contribution in [0.15, 0.2) is 53.7 Å². The molecular weight excluding hydrogens is 288 g/mol. The third-order valence-corrected chi connectivity index (χ3v) is 5.03. The zero-order valence-corrected chi connectivity index (χ0v) is 12.4. The largest absolute Gasteiger partial charge is 0.286 e. The number of aryl methyl sites for hydroxylation is 1. The zero-order chi connectivity index (χ0) is 15.0. The summed E-state index contributed by atoms with van der Waals surface area (Å²) in [7, 11) is -3.72. The van der Waals surface area contributed by atoms with E-state index < -0.39 is 10.0 Å².